The Balaban J connectivity index is 1.83. The molecule has 26 heavy (non-hydrogen) atoms. The first kappa shape index (κ1) is 19.2. The number of benzene rings is 2. The normalized spacial score (nSPS) is 11.0. The monoisotopic (exact) mass is 354 g/mol. The van der Waals surface area contributed by atoms with Crippen LogP contribution in [0, 0.1) is 0 Å². The number of oxime groups is 1. The minimum Gasteiger partial charge on any atom is -0.489 e. The number of carbonyl (C=O) groups is 2. The maximum absolute atomic E-state index is 11.5. The zero-order chi connectivity index (χ0) is 18.9. The molecule has 0 saturated carbocycles. The lowest BCUT2D eigenvalue weighted by Crippen LogP contribution is -2.08. The van der Waals surface area contributed by atoms with Crippen molar-refractivity contribution in [3.8, 4) is 5.75 Å². The Bertz CT molecular complexity index is 798. The summed E-state index contributed by atoms with van der Waals surface area (Å²) in [6, 6.07) is 14.4. The molecule has 2 aromatic rings. The third-order valence-electron chi connectivity index (χ3n) is 3.52. The number of rotatable bonds is 8. The molecular formula is C20H22N2O4. The fourth-order valence-electron chi connectivity index (χ4n) is 2.27. The highest BCUT2D eigenvalue weighted by molar-refractivity contribution is 5.99. The van der Waals surface area contributed by atoms with E-state index in [2.05, 4.69) is 10.5 Å². The third kappa shape index (κ3) is 5.73. The van der Waals surface area contributed by atoms with Crippen LogP contribution in [0.5, 0.6) is 5.75 Å². The topological polar surface area (TPSA) is 77.0 Å². The Morgan fingerprint density at radius 3 is 2.31 bits per heavy atom. The first-order valence-corrected chi connectivity index (χ1v) is 8.24. The van der Waals surface area contributed by atoms with Crippen LogP contribution in [0.1, 0.15) is 36.7 Å². The number of nitrogens with one attached hydrogen (secondary N) is 1. The highest BCUT2D eigenvalue weighted by atomic mass is 16.6. The Morgan fingerprint density at radius 1 is 0.962 bits per heavy atom. The van der Waals surface area contributed by atoms with Gasteiger partial charge in [0.15, 0.2) is 12.4 Å². The van der Waals surface area contributed by atoms with Gasteiger partial charge in [-0.15, -0.1) is 0 Å². The first-order valence-electron chi connectivity index (χ1n) is 8.24. The number of para-hydroxylation sites is 1. The van der Waals surface area contributed by atoms with Crippen molar-refractivity contribution in [3.05, 3.63) is 59.7 Å². The fourth-order valence-corrected chi connectivity index (χ4v) is 2.27. The summed E-state index contributed by atoms with van der Waals surface area (Å²) < 4.78 is 5.58. The van der Waals surface area contributed by atoms with Gasteiger partial charge >= 0.3 is 0 Å². The molecule has 136 valence electrons. The van der Waals surface area contributed by atoms with Gasteiger partial charge in [0.25, 0.3) is 0 Å². The van der Waals surface area contributed by atoms with Crippen LogP contribution in [0.4, 0.5) is 5.69 Å². The predicted molar refractivity (Wildman–Crippen MR) is 101 cm³/mol. The van der Waals surface area contributed by atoms with Gasteiger partial charge in [-0.05, 0) is 43.7 Å². The van der Waals surface area contributed by atoms with E-state index in [-0.39, 0.29) is 24.9 Å². The molecule has 0 aromatic heterocycles. The zero-order valence-corrected chi connectivity index (χ0v) is 15.1. The number of anilines is 1. The summed E-state index contributed by atoms with van der Waals surface area (Å²) in [6.07, 6.45) is 0. The van der Waals surface area contributed by atoms with E-state index in [0.717, 1.165) is 11.3 Å². The Morgan fingerprint density at radius 2 is 1.65 bits per heavy atom. The van der Waals surface area contributed by atoms with E-state index in [1.807, 2.05) is 25.1 Å². The van der Waals surface area contributed by atoms with Gasteiger partial charge in [0.2, 0.25) is 5.91 Å². The maximum atomic E-state index is 11.5. The molecule has 0 aliphatic carbocycles. The summed E-state index contributed by atoms with van der Waals surface area (Å²) >= 11 is 0. The number of nitrogens with zero attached hydrogens (tertiary/aromatic N) is 1. The average molecular weight is 354 g/mol. The molecule has 0 aliphatic heterocycles. The van der Waals surface area contributed by atoms with E-state index in [1.165, 1.54) is 13.8 Å². The second kappa shape index (κ2) is 9.36. The standard InChI is InChI=1S/C20H22N2O4/c1-14(17-8-10-18(11-9-17)21-16(3)24)22-26-13-12-25-20-7-5-4-6-19(20)15(2)23/h4-11H,12-13H2,1-3H3,(H,21,24). The summed E-state index contributed by atoms with van der Waals surface area (Å²) in [6.45, 7) is 5.34. The first-order chi connectivity index (χ1) is 12.5. The summed E-state index contributed by atoms with van der Waals surface area (Å²) in [5.41, 5.74) is 2.88. The Hall–Kier alpha value is -3.15. The van der Waals surface area contributed by atoms with Gasteiger partial charge < -0.3 is 14.9 Å². The maximum Gasteiger partial charge on any atom is 0.221 e. The van der Waals surface area contributed by atoms with Gasteiger partial charge in [-0.3, -0.25) is 9.59 Å². The van der Waals surface area contributed by atoms with Crippen LogP contribution >= 0.6 is 0 Å². The van der Waals surface area contributed by atoms with Gasteiger partial charge in [0.05, 0.1) is 11.3 Å². The molecule has 1 N–H and O–H groups in total. The van der Waals surface area contributed by atoms with Crippen LogP contribution in [0.25, 0.3) is 0 Å². The van der Waals surface area contributed by atoms with Crippen molar-refractivity contribution >= 4 is 23.1 Å². The van der Waals surface area contributed by atoms with E-state index in [1.54, 1.807) is 30.3 Å². The largest absolute Gasteiger partial charge is 0.489 e. The van der Waals surface area contributed by atoms with E-state index in [0.29, 0.717) is 17.0 Å². The van der Waals surface area contributed by atoms with Crippen molar-refractivity contribution in [3.63, 3.8) is 0 Å². The second-order valence-corrected chi connectivity index (χ2v) is 5.67. The molecule has 0 radical (unpaired) electrons. The van der Waals surface area contributed by atoms with E-state index >= 15 is 0 Å². The van der Waals surface area contributed by atoms with Crippen LogP contribution in [0.2, 0.25) is 0 Å². The minimum atomic E-state index is -0.113. The quantitative estimate of drug-likeness (QED) is 0.340. The molecule has 0 heterocycles. The summed E-state index contributed by atoms with van der Waals surface area (Å²) in [5, 5.41) is 6.76. The summed E-state index contributed by atoms with van der Waals surface area (Å²) in [4.78, 5) is 27.8. The lowest BCUT2D eigenvalue weighted by Gasteiger charge is -2.09. The lowest BCUT2D eigenvalue weighted by atomic mass is 10.1. The van der Waals surface area contributed by atoms with Crippen LogP contribution in [0.15, 0.2) is 53.7 Å². The number of carbonyl (C=O) groups excluding carboxylic acids is 2. The van der Waals surface area contributed by atoms with Crippen LogP contribution in [0.3, 0.4) is 0 Å². The molecule has 6 nitrogen and oxygen atoms in total. The number of Topliss-reactive ketones (excluding diaryl/α,β-unsaturated/α-hetero) is 1. The molecule has 0 atom stereocenters. The summed E-state index contributed by atoms with van der Waals surface area (Å²) in [7, 11) is 0. The number of ether oxygens (including phenoxy) is 1. The van der Waals surface area contributed by atoms with Crippen molar-refractivity contribution in [1.82, 2.24) is 0 Å². The molecular weight excluding hydrogens is 332 g/mol. The third-order valence-corrected chi connectivity index (χ3v) is 3.52. The lowest BCUT2D eigenvalue weighted by molar-refractivity contribution is -0.114. The molecule has 0 unspecified atom stereocenters. The van der Waals surface area contributed by atoms with Crippen molar-refractivity contribution in [2.45, 2.75) is 20.8 Å². The number of hydrogen-bond donors (Lipinski definition) is 1. The SMILES string of the molecule is CC(=O)Nc1ccc(C(C)=NOCCOc2ccccc2C(C)=O)cc1. The van der Waals surface area contributed by atoms with Crippen molar-refractivity contribution in [2.24, 2.45) is 5.16 Å². The van der Waals surface area contributed by atoms with Gasteiger partial charge in [0.1, 0.15) is 12.4 Å². The zero-order valence-electron chi connectivity index (χ0n) is 15.1. The van der Waals surface area contributed by atoms with Gasteiger partial charge in [-0.25, -0.2) is 0 Å². The van der Waals surface area contributed by atoms with Crippen LogP contribution < -0.4 is 10.1 Å². The van der Waals surface area contributed by atoms with Crippen LogP contribution in [-0.4, -0.2) is 30.6 Å². The summed E-state index contributed by atoms with van der Waals surface area (Å²) in [5.74, 6) is 0.383. The average Bonchev–Trinajstić information content (AvgIpc) is 2.61. The fraction of sp³-hybridized carbons (Fsp3) is 0.250. The molecule has 6 heteroatoms. The number of amides is 1. The van der Waals surface area contributed by atoms with E-state index in [4.69, 9.17) is 9.57 Å². The molecule has 0 spiro atoms. The molecule has 2 aromatic carbocycles. The van der Waals surface area contributed by atoms with Gasteiger partial charge in [0, 0.05) is 12.6 Å². The van der Waals surface area contributed by atoms with E-state index in [9.17, 15) is 9.59 Å². The Labute approximate surface area is 152 Å². The van der Waals surface area contributed by atoms with Crippen molar-refractivity contribution in [1.29, 1.82) is 0 Å². The van der Waals surface area contributed by atoms with Gasteiger partial charge in [-0.2, -0.15) is 0 Å². The second-order valence-electron chi connectivity index (χ2n) is 5.67. The van der Waals surface area contributed by atoms with Gasteiger partial charge in [-0.1, -0.05) is 29.4 Å². The predicted octanol–water partition coefficient (Wildman–Crippen LogP) is 3.67. The molecule has 2 rings (SSSR count). The minimum absolute atomic E-state index is 0.0434. The number of hydrogen-bond acceptors (Lipinski definition) is 5. The molecule has 0 saturated heterocycles. The number of ketones is 1. The highest BCUT2D eigenvalue weighted by Crippen LogP contribution is 2.18. The van der Waals surface area contributed by atoms with E-state index < -0.39 is 0 Å². The molecule has 0 fully saturated rings. The smallest absolute Gasteiger partial charge is 0.221 e. The van der Waals surface area contributed by atoms with Crippen LogP contribution in [-0.2, 0) is 9.63 Å². The molecule has 0 aliphatic rings. The molecule has 0 bridgehead atoms. The van der Waals surface area contributed by atoms with Crippen molar-refractivity contribution < 1.29 is 19.2 Å². The van der Waals surface area contributed by atoms with Crippen molar-refractivity contribution in [2.75, 3.05) is 18.5 Å². The Kier molecular flexibility index (Phi) is 6.91. The molecule has 1 amide bonds. The highest BCUT2D eigenvalue weighted by Gasteiger charge is 2.07.